The Hall–Kier alpha value is -1.79. The molecule has 2 aromatic rings. The molecule has 1 aliphatic rings. The number of nitrogens with zero attached hydrogens (tertiary/aromatic N) is 4. The lowest BCUT2D eigenvalue weighted by molar-refractivity contribution is 0.138. The first kappa shape index (κ1) is 13.2. The van der Waals surface area contributed by atoms with E-state index in [1.165, 1.54) is 6.07 Å². The Morgan fingerprint density at radius 1 is 1.15 bits per heavy atom. The third kappa shape index (κ3) is 2.86. The summed E-state index contributed by atoms with van der Waals surface area (Å²) in [6, 6.07) is 6.42. The number of hydrogen-bond acceptors (Lipinski definition) is 5. The molecule has 0 amide bonds. The predicted octanol–water partition coefficient (Wildman–Crippen LogP) is 1.62. The minimum Gasteiger partial charge on any atom is -0.419 e. The van der Waals surface area contributed by atoms with Crippen molar-refractivity contribution in [2.45, 2.75) is 6.54 Å². The number of halogens is 1. The van der Waals surface area contributed by atoms with Gasteiger partial charge in [-0.15, -0.1) is 10.2 Å². The fourth-order valence-corrected chi connectivity index (χ4v) is 2.26. The molecule has 20 heavy (non-hydrogen) atoms. The van der Waals surface area contributed by atoms with Crippen LogP contribution in [0.15, 0.2) is 28.7 Å². The lowest BCUT2D eigenvalue weighted by atomic mass is 10.2. The van der Waals surface area contributed by atoms with Crippen LogP contribution >= 0.6 is 0 Å². The van der Waals surface area contributed by atoms with Crippen LogP contribution in [0.4, 0.5) is 4.39 Å². The van der Waals surface area contributed by atoms with Crippen LogP contribution in [0.2, 0.25) is 0 Å². The lowest BCUT2D eigenvalue weighted by Crippen LogP contribution is -2.43. The maximum absolute atomic E-state index is 13.6. The first-order valence-electron chi connectivity index (χ1n) is 6.70. The first-order chi connectivity index (χ1) is 9.72. The average Bonchev–Trinajstić information content (AvgIpc) is 2.90. The fourth-order valence-electron chi connectivity index (χ4n) is 2.26. The molecule has 1 aliphatic heterocycles. The molecule has 3 rings (SSSR count). The predicted molar refractivity (Wildman–Crippen MR) is 72.5 cm³/mol. The van der Waals surface area contributed by atoms with E-state index >= 15 is 0 Å². The van der Waals surface area contributed by atoms with Gasteiger partial charge in [-0.1, -0.05) is 12.1 Å². The van der Waals surface area contributed by atoms with Gasteiger partial charge in [0.2, 0.25) is 5.89 Å². The first-order valence-corrected chi connectivity index (χ1v) is 6.70. The Bertz CT molecular complexity index is 578. The number of rotatable bonds is 3. The van der Waals surface area contributed by atoms with E-state index in [1.54, 1.807) is 18.2 Å². The molecule has 0 atom stereocenters. The highest BCUT2D eigenvalue weighted by molar-refractivity contribution is 5.53. The van der Waals surface area contributed by atoms with E-state index in [9.17, 15) is 4.39 Å². The normalized spacial score (nSPS) is 17.5. The highest BCUT2D eigenvalue weighted by Crippen LogP contribution is 2.21. The zero-order chi connectivity index (χ0) is 13.9. The maximum atomic E-state index is 13.6. The monoisotopic (exact) mass is 276 g/mol. The van der Waals surface area contributed by atoms with Crippen molar-refractivity contribution in [1.29, 1.82) is 0 Å². The van der Waals surface area contributed by atoms with Crippen LogP contribution in [0.25, 0.3) is 11.5 Å². The Balaban J connectivity index is 1.70. The summed E-state index contributed by atoms with van der Waals surface area (Å²) in [4.78, 5) is 4.55. The molecular weight excluding hydrogens is 259 g/mol. The van der Waals surface area contributed by atoms with Crippen LogP contribution in [0.5, 0.6) is 0 Å². The molecule has 6 heteroatoms. The third-order valence-corrected chi connectivity index (χ3v) is 3.53. The second kappa shape index (κ2) is 5.68. The highest BCUT2D eigenvalue weighted by atomic mass is 19.1. The van der Waals surface area contributed by atoms with E-state index in [4.69, 9.17) is 4.42 Å². The number of benzene rings is 1. The van der Waals surface area contributed by atoms with Gasteiger partial charge in [0.1, 0.15) is 5.82 Å². The quantitative estimate of drug-likeness (QED) is 0.852. The van der Waals surface area contributed by atoms with Crippen LogP contribution in [-0.4, -0.2) is 53.2 Å². The van der Waals surface area contributed by atoms with Gasteiger partial charge in [-0.05, 0) is 19.2 Å². The molecule has 1 saturated heterocycles. The Morgan fingerprint density at radius 3 is 2.65 bits per heavy atom. The van der Waals surface area contributed by atoms with Crippen LogP contribution in [0.3, 0.4) is 0 Å². The molecular formula is C14H17FN4O. The van der Waals surface area contributed by atoms with Crippen LogP contribution in [0.1, 0.15) is 5.89 Å². The van der Waals surface area contributed by atoms with Gasteiger partial charge < -0.3 is 9.32 Å². The topological polar surface area (TPSA) is 45.4 Å². The van der Waals surface area contributed by atoms with Gasteiger partial charge >= 0.3 is 0 Å². The van der Waals surface area contributed by atoms with Crippen molar-refractivity contribution in [2.75, 3.05) is 33.2 Å². The number of hydrogen-bond donors (Lipinski definition) is 0. The highest BCUT2D eigenvalue weighted by Gasteiger charge is 2.18. The van der Waals surface area contributed by atoms with Crippen molar-refractivity contribution in [3.05, 3.63) is 36.0 Å². The molecule has 0 bridgehead atoms. The van der Waals surface area contributed by atoms with E-state index in [1.807, 2.05) is 0 Å². The Labute approximate surface area is 117 Å². The minimum atomic E-state index is -0.345. The zero-order valence-electron chi connectivity index (χ0n) is 11.4. The van der Waals surface area contributed by atoms with Crippen molar-refractivity contribution in [3.63, 3.8) is 0 Å². The summed E-state index contributed by atoms with van der Waals surface area (Å²) < 4.78 is 19.2. The van der Waals surface area contributed by atoms with Crippen molar-refractivity contribution in [3.8, 4) is 11.5 Å². The second-order valence-corrected chi connectivity index (χ2v) is 5.06. The maximum Gasteiger partial charge on any atom is 0.250 e. The smallest absolute Gasteiger partial charge is 0.250 e. The molecule has 0 aliphatic carbocycles. The summed E-state index contributed by atoms with van der Waals surface area (Å²) in [5, 5.41) is 7.94. The lowest BCUT2D eigenvalue weighted by Gasteiger charge is -2.31. The summed E-state index contributed by atoms with van der Waals surface area (Å²) in [7, 11) is 2.11. The molecule has 0 radical (unpaired) electrons. The zero-order valence-corrected chi connectivity index (χ0v) is 11.4. The summed E-state index contributed by atoms with van der Waals surface area (Å²) in [5.41, 5.74) is 0.352. The van der Waals surface area contributed by atoms with Gasteiger partial charge in [0.25, 0.3) is 5.89 Å². The minimum absolute atomic E-state index is 0.243. The summed E-state index contributed by atoms with van der Waals surface area (Å²) in [6.45, 7) is 4.65. The largest absolute Gasteiger partial charge is 0.419 e. The summed E-state index contributed by atoms with van der Waals surface area (Å²) >= 11 is 0. The van der Waals surface area contributed by atoms with Crippen LogP contribution in [0, 0.1) is 5.82 Å². The van der Waals surface area contributed by atoms with Gasteiger partial charge in [-0.3, -0.25) is 4.90 Å². The summed E-state index contributed by atoms with van der Waals surface area (Å²) in [5.74, 6) is 0.433. The second-order valence-electron chi connectivity index (χ2n) is 5.06. The van der Waals surface area contributed by atoms with Crippen molar-refractivity contribution < 1.29 is 8.81 Å². The standard InChI is InChI=1S/C14H17FN4O/c1-18-6-8-19(9-7-18)10-13-16-17-14(20-13)11-4-2-3-5-12(11)15/h2-5H,6-10H2,1H3. The number of likely N-dealkylation sites (N-methyl/N-ethyl adjacent to an activating group) is 1. The van der Waals surface area contributed by atoms with Gasteiger partial charge in [0, 0.05) is 26.2 Å². The van der Waals surface area contributed by atoms with E-state index in [-0.39, 0.29) is 11.7 Å². The number of aromatic nitrogens is 2. The van der Waals surface area contributed by atoms with Gasteiger partial charge in [0.05, 0.1) is 12.1 Å². The van der Waals surface area contributed by atoms with Crippen LogP contribution in [-0.2, 0) is 6.54 Å². The molecule has 1 aromatic carbocycles. The van der Waals surface area contributed by atoms with Gasteiger partial charge in [0.15, 0.2) is 0 Å². The molecule has 0 saturated carbocycles. The molecule has 2 heterocycles. The molecule has 1 aromatic heterocycles. The van der Waals surface area contributed by atoms with Crippen molar-refractivity contribution >= 4 is 0 Å². The van der Waals surface area contributed by atoms with Gasteiger partial charge in [-0.2, -0.15) is 0 Å². The van der Waals surface area contributed by atoms with Crippen LogP contribution < -0.4 is 0 Å². The van der Waals surface area contributed by atoms with Crippen molar-refractivity contribution in [2.24, 2.45) is 0 Å². The van der Waals surface area contributed by atoms with Gasteiger partial charge in [-0.25, -0.2) is 4.39 Å². The third-order valence-electron chi connectivity index (χ3n) is 3.53. The fraction of sp³-hybridized carbons (Fsp3) is 0.429. The molecule has 0 spiro atoms. The van der Waals surface area contributed by atoms with E-state index in [0.717, 1.165) is 26.2 Å². The molecule has 0 N–H and O–H groups in total. The molecule has 5 nitrogen and oxygen atoms in total. The average molecular weight is 276 g/mol. The molecule has 106 valence electrons. The van der Waals surface area contributed by atoms with E-state index in [0.29, 0.717) is 18.0 Å². The van der Waals surface area contributed by atoms with Crippen molar-refractivity contribution in [1.82, 2.24) is 20.0 Å². The molecule has 0 unspecified atom stereocenters. The number of piperazine rings is 1. The van der Waals surface area contributed by atoms with E-state index in [2.05, 4.69) is 27.0 Å². The SMILES string of the molecule is CN1CCN(Cc2nnc(-c3ccccc3F)o2)CC1. The molecule has 1 fully saturated rings. The Kier molecular flexibility index (Phi) is 3.75. The Morgan fingerprint density at radius 2 is 1.90 bits per heavy atom. The van der Waals surface area contributed by atoms with E-state index < -0.39 is 0 Å². The summed E-state index contributed by atoms with van der Waals surface area (Å²) in [6.07, 6.45) is 0.